The second-order valence-electron chi connectivity index (χ2n) is 7.59. The minimum absolute atomic E-state index is 0.0467. The molecule has 2 aliphatic rings. The van der Waals surface area contributed by atoms with E-state index < -0.39 is 0 Å². The fourth-order valence-electron chi connectivity index (χ4n) is 3.36. The summed E-state index contributed by atoms with van der Waals surface area (Å²) in [6.07, 6.45) is 9.81. The van der Waals surface area contributed by atoms with Crippen LogP contribution in [-0.2, 0) is 11.3 Å². The largest absolute Gasteiger partial charge is 0.490 e. The highest BCUT2D eigenvalue weighted by Crippen LogP contribution is 2.37. The molecule has 0 aliphatic heterocycles. The number of hydrogen-bond acceptors (Lipinski definition) is 5. The molecule has 0 bridgehead atoms. The Hall–Kier alpha value is -2.93. The molecule has 3 N–H and O–H groups in total. The molecule has 3 aromatic rings. The van der Waals surface area contributed by atoms with Crippen LogP contribution in [0, 0.1) is 5.92 Å². The van der Waals surface area contributed by atoms with E-state index >= 15 is 0 Å². The number of aromatic amines is 1. The summed E-state index contributed by atoms with van der Waals surface area (Å²) in [6.45, 7) is 0.691. The molecular weight excluding hydrogens is 354 g/mol. The van der Waals surface area contributed by atoms with Gasteiger partial charge in [0.2, 0.25) is 5.91 Å². The van der Waals surface area contributed by atoms with Gasteiger partial charge in [0.05, 0.1) is 22.9 Å². The van der Waals surface area contributed by atoms with Gasteiger partial charge in [-0.1, -0.05) is 0 Å². The fourth-order valence-corrected chi connectivity index (χ4v) is 3.36. The van der Waals surface area contributed by atoms with Crippen molar-refractivity contribution in [2.24, 2.45) is 5.92 Å². The number of aromatic nitrogens is 3. The third kappa shape index (κ3) is 3.33. The van der Waals surface area contributed by atoms with Crippen LogP contribution >= 0.6 is 0 Å². The molecular formula is C21H23N5O2. The van der Waals surface area contributed by atoms with E-state index in [2.05, 4.69) is 31.7 Å². The Morgan fingerprint density at radius 2 is 2.14 bits per heavy atom. The van der Waals surface area contributed by atoms with Crippen LogP contribution < -0.4 is 15.4 Å². The van der Waals surface area contributed by atoms with Crippen molar-refractivity contribution in [3.05, 3.63) is 36.3 Å². The lowest BCUT2D eigenvalue weighted by Crippen LogP contribution is -2.15. The van der Waals surface area contributed by atoms with E-state index in [1.54, 1.807) is 6.20 Å². The van der Waals surface area contributed by atoms with Crippen LogP contribution in [0.15, 0.2) is 30.7 Å². The summed E-state index contributed by atoms with van der Waals surface area (Å²) < 4.78 is 6.06. The van der Waals surface area contributed by atoms with Gasteiger partial charge >= 0.3 is 0 Å². The molecule has 5 rings (SSSR count). The summed E-state index contributed by atoms with van der Waals surface area (Å²) in [6, 6.07) is 3.99. The first-order valence-corrected chi connectivity index (χ1v) is 9.80. The van der Waals surface area contributed by atoms with E-state index in [-0.39, 0.29) is 11.8 Å². The van der Waals surface area contributed by atoms with Gasteiger partial charge in [-0.25, -0.2) is 4.98 Å². The van der Waals surface area contributed by atoms with Gasteiger partial charge in [0.15, 0.2) is 5.82 Å². The molecule has 2 saturated carbocycles. The standard InChI is InChI=1S/C21H23N5O2/c1-22-9-13-10-24-20(26-21(27)12-2-3-12)19-15(13)8-17(25-19)16-11-23-7-6-18(16)28-14-4-5-14/h6-8,10-12,14,22,25H,2-5,9H2,1H3,(H,24,26,27). The average Bonchev–Trinajstić information content (AvgIpc) is 3.62. The van der Waals surface area contributed by atoms with Gasteiger partial charge in [0, 0.05) is 36.4 Å². The first-order chi connectivity index (χ1) is 13.7. The van der Waals surface area contributed by atoms with Crippen LogP contribution in [0.5, 0.6) is 5.75 Å². The molecule has 2 fully saturated rings. The summed E-state index contributed by atoms with van der Waals surface area (Å²) in [4.78, 5) is 24.5. The first kappa shape index (κ1) is 17.2. The van der Waals surface area contributed by atoms with Gasteiger partial charge in [0.25, 0.3) is 0 Å². The molecule has 28 heavy (non-hydrogen) atoms. The Morgan fingerprint density at radius 3 is 2.89 bits per heavy atom. The Labute approximate surface area is 162 Å². The number of carbonyl (C=O) groups excluding carboxylic acids is 1. The lowest BCUT2D eigenvalue weighted by atomic mass is 10.1. The summed E-state index contributed by atoms with van der Waals surface area (Å²) in [5, 5.41) is 7.20. The maximum Gasteiger partial charge on any atom is 0.228 e. The van der Waals surface area contributed by atoms with Crippen molar-refractivity contribution in [1.82, 2.24) is 20.3 Å². The van der Waals surface area contributed by atoms with Crippen LogP contribution in [0.2, 0.25) is 0 Å². The Bertz CT molecular complexity index is 1040. The molecule has 7 nitrogen and oxygen atoms in total. The maximum atomic E-state index is 12.3. The summed E-state index contributed by atoms with van der Waals surface area (Å²) >= 11 is 0. The van der Waals surface area contributed by atoms with Crippen LogP contribution in [0.3, 0.4) is 0 Å². The molecule has 0 saturated heterocycles. The van der Waals surface area contributed by atoms with Crippen molar-refractivity contribution in [1.29, 1.82) is 0 Å². The van der Waals surface area contributed by atoms with Gasteiger partial charge in [-0.15, -0.1) is 0 Å². The van der Waals surface area contributed by atoms with Crippen LogP contribution in [-0.4, -0.2) is 34.0 Å². The zero-order valence-corrected chi connectivity index (χ0v) is 15.8. The highest BCUT2D eigenvalue weighted by Gasteiger charge is 2.30. The number of ether oxygens (including phenoxy) is 1. The number of hydrogen-bond donors (Lipinski definition) is 3. The minimum Gasteiger partial charge on any atom is -0.490 e. The van der Waals surface area contributed by atoms with Gasteiger partial charge in [-0.3, -0.25) is 9.78 Å². The highest BCUT2D eigenvalue weighted by atomic mass is 16.5. The van der Waals surface area contributed by atoms with E-state index in [0.29, 0.717) is 18.5 Å². The molecule has 2 aliphatic carbocycles. The number of amides is 1. The van der Waals surface area contributed by atoms with Crippen LogP contribution in [0.4, 0.5) is 5.82 Å². The summed E-state index contributed by atoms with van der Waals surface area (Å²) in [7, 11) is 1.91. The maximum absolute atomic E-state index is 12.3. The number of anilines is 1. The number of pyridine rings is 2. The SMILES string of the molecule is CNCc1cnc(NC(=O)C2CC2)c2[nH]c(-c3cnccc3OC3CC3)cc12. The smallest absolute Gasteiger partial charge is 0.228 e. The molecule has 7 heteroatoms. The molecule has 0 spiro atoms. The fraction of sp³-hybridized carbons (Fsp3) is 0.381. The van der Waals surface area contributed by atoms with Crippen molar-refractivity contribution in [3.63, 3.8) is 0 Å². The predicted octanol–water partition coefficient (Wildman–Crippen LogP) is 3.23. The molecule has 0 unspecified atom stereocenters. The minimum atomic E-state index is 0.0467. The first-order valence-electron chi connectivity index (χ1n) is 9.80. The number of nitrogens with zero attached hydrogens (tertiary/aromatic N) is 2. The van der Waals surface area contributed by atoms with E-state index in [4.69, 9.17) is 4.74 Å². The third-order valence-corrected chi connectivity index (χ3v) is 5.20. The van der Waals surface area contributed by atoms with Gasteiger partial charge in [-0.2, -0.15) is 0 Å². The van der Waals surface area contributed by atoms with E-state index in [9.17, 15) is 4.79 Å². The van der Waals surface area contributed by atoms with Crippen molar-refractivity contribution in [2.45, 2.75) is 38.3 Å². The van der Waals surface area contributed by atoms with Crippen LogP contribution in [0.1, 0.15) is 31.2 Å². The number of H-pyrrole nitrogens is 1. The van der Waals surface area contributed by atoms with Crippen molar-refractivity contribution < 1.29 is 9.53 Å². The average molecular weight is 377 g/mol. The molecule has 144 valence electrons. The van der Waals surface area contributed by atoms with Crippen molar-refractivity contribution in [2.75, 3.05) is 12.4 Å². The van der Waals surface area contributed by atoms with Gasteiger partial charge < -0.3 is 20.4 Å². The number of fused-ring (bicyclic) bond motifs is 1. The zero-order valence-electron chi connectivity index (χ0n) is 15.8. The van der Waals surface area contributed by atoms with Crippen molar-refractivity contribution >= 4 is 22.6 Å². The number of nitrogens with one attached hydrogen (secondary N) is 3. The number of rotatable bonds is 7. The molecule has 0 radical (unpaired) electrons. The molecule has 3 aromatic heterocycles. The molecule has 3 heterocycles. The quantitative estimate of drug-likeness (QED) is 0.588. The highest BCUT2D eigenvalue weighted by molar-refractivity contribution is 6.02. The van der Waals surface area contributed by atoms with Gasteiger partial charge in [-0.05, 0) is 50.4 Å². The zero-order chi connectivity index (χ0) is 19.1. The van der Waals surface area contributed by atoms with E-state index in [1.807, 2.05) is 25.5 Å². The normalized spacial score (nSPS) is 16.3. The third-order valence-electron chi connectivity index (χ3n) is 5.20. The van der Waals surface area contributed by atoms with Gasteiger partial charge in [0.1, 0.15) is 5.75 Å². The lowest BCUT2D eigenvalue weighted by Gasteiger charge is -2.09. The topological polar surface area (TPSA) is 91.9 Å². The summed E-state index contributed by atoms with van der Waals surface area (Å²) in [5.41, 5.74) is 3.72. The molecule has 0 atom stereocenters. The van der Waals surface area contributed by atoms with Crippen molar-refractivity contribution in [3.8, 4) is 17.0 Å². The molecule has 1 amide bonds. The Balaban J connectivity index is 1.58. The van der Waals surface area contributed by atoms with Crippen LogP contribution in [0.25, 0.3) is 22.2 Å². The second kappa shape index (κ2) is 6.91. The Morgan fingerprint density at radius 1 is 1.29 bits per heavy atom. The summed E-state index contributed by atoms with van der Waals surface area (Å²) in [5.74, 6) is 1.58. The van der Waals surface area contributed by atoms with E-state index in [1.165, 1.54) is 0 Å². The molecule has 0 aromatic carbocycles. The monoisotopic (exact) mass is 377 g/mol. The lowest BCUT2D eigenvalue weighted by molar-refractivity contribution is -0.117. The predicted molar refractivity (Wildman–Crippen MR) is 107 cm³/mol. The Kier molecular flexibility index (Phi) is 4.24. The number of carbonyl (C=O) groups is 1. The second-order valence-corrected chi connectivity index (χ2v) is 7.59. The van der Waals surface area contributed by atoms with E-state index in [0.717, 1.165) is 59.2 Å².